The fourth-order valence-corrected chi connectivity index (χ4v) is 2.28. The molecule has 6 heteroatoms. The molecule has 0 aromatic heterocycles. The molecule has 1 rings (SSSR count). The van der Waals surface area contributed by atoms with Gasteiger partial charge in [0.1, 0.15) is 0 Å². The van der Waals surface area contributed by atoms with Crippen LogP contribution in [0, 0.1) is 0 Å². The number of hydrogen-bond donors (Lipinski definition) is 2. The van der Waals surface area contributed by atoms with E-state index in [4.69, 9.17) is 17.3 Å². The van der Waals surface area contributed by atoms with Crippen LogP contribution < -0.4 is 11.1 Å². The number of nitrogens with two attached hydrogens (primary N) is 1. The van der Waals surface area contributed by atoms with E-state index in [1.165, 1.54) is 0 Å². The summed E-state index contributed by atoms with van der Waals surface area (Å²) in [7, 11) is 0. The summed E-state index contributed by atoms with van der Waals surface area (Å²) in [6.07, 6.45) is 1.63. The number of nitrogens with one attached hydrogen (secondary N) is 1. The Hall–Kier alpha value is -0.290. The molecule has 0 unspecified atom stereocenters. The van der Waals surface area contributed by atoms with Crippen LogP contribution in [0.3, 0.4) is 0 Å². The Kier molecular flexibility index (Phi) is 7.98. The van der Waals surface area contributed by atoms with Gasteiger partial charge in [0.15, 0.2) is 0 Å². The van der Waals surface area contributed by atoms with Gasteiger partial charge in [0, 0.05) is 16.6 Å². The predicted molar refractivity (Wildman–Crippen MR) is 86.2 cm³/mol. The highest BCUT2D eigenvalue weighted by molar-refractivity contribution is 9.10. The highest BCUT2D eigenvalue weighted by Crippen LogP contribution is 2.21. The van der Waals surface area contributed by atoms with Crippen molar-refractivity contribution in [1.82, 2.24) is 5.32 Å². The van der Waals surface area contributed by atoms with Crippen LogP contribution in [-0.4, -0.2) is 18.0 Å². The molecule has 108 valence electrons. The van der Waals surface area contributed by atoms with Gasteiger partial charge in [-0.05, 0) is 31.0 Å². The van der Waals surface area contributed by atoms with Crippen molar-refractivity contribution >= 4 is 45.8 Å². The highest BCUT2D eigenvalue weighted by Gasteiger charge is 2.21. The van der Waals surface area contributed by atoms with Crippen molar-refractivity contribution < 1.29 is 4.79 Å². The maximum atomic E-state index is 12.0. The Balaban J connectivity index is 0.00000324. The number of amides is 1. The van der Waals surface area contributed by atoms with E-state index >= 15 is 0 Å². The van der Waals surface area contributed by atoms with Crippen molar-refractivity contribution in [2.75, 3.05) is 6.54 Å². The lowest BCUT2D eigenvalue weighted by Crippen LogP contribution is -2.49. The second-order valence-electron chi connectivity index (χ2n) is 4.38. The molecule has 0 saturated carbocycles. The van der Waals surface area contributed by atoms with Gasteiger partial charge in [-0.15, -0.1) is 12.4 Å². The van der Waals surface area contributed by atoms with Gasteiger partial charge in [-0.1, -0.05) is 41.4 Å². The second kappa shape index (κ2) is 8.10. The quantitative estimate of drug-likeness (QED) is 0.829. The molecule has 1 aromatic rings. The molecule has 0 fully saturated rings. The van der Waals surface area contributed by atoms with Gasteiger partial charge in [0.2, 0.25) is 0 Å². The van der Waals surface area contributed by atoms with Gasteiger partial charge in [-0.2, -0.15) is 0 Å². The maximum Gasteiger partial charge on any atom is 0.252 e. The van der Waals surface area contributed by atoms with E-state index in [9.17, 15) is 4.79 Å². The lowest BCUT2D eigenvalue weighted by molar-refractivity contribution is 0.0942. The summed E-state index contributed by atoms with van der Waals surface area (Å²) in [5.74, 6) is -0.191. The normalized spacial score (nSPS) is 10.8. The summed E-state index contributed by atoms with van der Waals surface area (Å²) in [5.41, 5.74) is 6.25. The smallest absolute Gasteiger partial charge is 0.252 e. The van der Waals surface area contributed by atoms with Gasteiger partial charge in [0.25, 0.3) is 5.91 Å². The first-order valence-electron chi connectivity index (χ1n) is 5.94. The molecule has 3 N–H and O–H groups in total. The molecule has 0 atom stereocenters. The minimum atomic E-state index is -0.350. The van der Waals surface area contributed by atoms with E-state index in [-0.39, 0.29) is 23.9 Å². The Morgan fingerprint density at radius 2 is 2.00 bits per heavy atom. The minimum Gasteiger partial charge on any atom is -0.350 e. The number of carbonyl (C=O) groups is 1. The molecule has 0 aliphatic rings. The Labute approximate surface area is 133 Å². The molecule has 19 heavy (non-hydrogen) atoms. The van der Waals surface area contributed by atoms with Crippen LogP contribution in [0.5, 0.6) is 0 Å². The molecule has 0 spiro atoms. The van der Waals surface area contributed by atoms with E-state index in [2.05, 4.69) is 21.2 Å². The van der Waals surface area contributed by atoms with Crippen molar-refractivity contribution in [3.63, 3.8) is 0 Å². The molecule has 0 aliphatic carbocycles. The van der Waals surface area contributed by atoms with Crippen LogP contribution in [-0.2, 0) is 0 Å². The summed E-state index contributed by atoms with van der Waals surface area (Å²) in [5, 5.41) is 3.27. The third-order valence-corrected chi connectivity index (χ3v) is 3.99. The zero-order valence-electron chi connectivity index (χ0n) is 11.0. The number of halogens is 3. The van der Waals surface area contributed by atoms with Crippen LogP contribution in [0.15, 0.2) is 22.7 Å². The van der Waals surface area contributed by atoms with Crippen molar-refractivity contribution in [3.05, 3.63) is 33.3 Å². The van der Waals surface area contributed by atoms with Crippen molar-refractivity contribution in [2.45, 2.75) is 32.2 Å². The van der Waals surface area contributed by atoms with Crippen LogP contribution in [0.4, 0.5) is 0 Å². The van der Waals surface area contributed by atoms with Crippen LogP contribution in [0.25, 0.3) is 0 Å². The molecule has 0 aliphatic heterocycles. The summed E-state index contributed by atoms with van der Waals surface area (Å²) >= 11 is 9.32. The molecule has 0 heterocycles. The first-order chi connectivity index (χ1) is 8.41. The summed E-state index contributed by atoms with van der Waals surface area (Å²) in [6, 6.07) is 5.18. The van der Waals surface area contributed by atoms with Crippen molar-refractivity contribution in [2.24, 2.45) is 5.73 Å². The molecule has 0 saturated heterocycles. The number of rotatable bonds is 5. The molecule has 1 aromatic carbocycles. The molecule has 3 nitrogen and oxygen atoms in total. The van der Waals surface area contributed by atoms with Gasteiger partial charge < -0.3 is 11.1 Å². The Bertz CT molecular complexity index is 437. The standard InChI is InChI=1S/C13H18BrClN2O.ClH/c1-3-13(16,4-2)8-17-12(18)10-6-5-9(14)7-11(10)15;/h5-7H,3-4,8,16H2,1-2H3,(H,17,18);1H. The zero-order valence-corrected chi connectivity index (χ0v) is 14.2. The van der Waals surface area contributed by atoms with E-state index in [1.807, 2.05) is 13.8 Å². The molecule has 0 radical (unpaired) electrons. The Morgan fingerprint density at radius 3 is 2.47 bits per heavy atom. The first-order valence-corrected chi connectivity index (χ1v) is 7.11. The molecule has 1 amide bonds. The lowest BCUT2D eigenvalue weighted by Gasteiger charge is -2.26. The lowest BCUT2D eigenvalue weighted by atomic mass is 9.94. The predicted octanol–water partition coefficient (Wildman–Crippen LogP) is 3.77. The zero-order chi connectivity index (χ0) is 13.8. The fourth-order valence-electron chi connectivity index (χ4n) is 1.53. The van der Waals surface area contributed by atoms with E-state index in [0.717, 1.165) is 17.3 Å². The van der Waals surface area contributed by atoms with Crippen LogP contribution in [0.1, 0.15) is 37.0 Å². The largest absolute Gasteiger partial charge is 0.350 e. The topological polar surface area (TPSA) is 55.1 Å². The third-order valence-electron chi connectivity index (χ3n) is 3.19. The average molecular weight is 370 g/mol. The maximum absolute atomic E-state index is 12.0. The summed E-state index contributed by atoms with van der Waals surface area (Å²) in [6.45, 7) is 4.48. The number of benzene rings is 1. The fraction of sp³-hybridized carbons (Fsp3) is 0.462. The van der Waals surface area contributed by atoms with Crippen molar-refractivity contribution in [1.29, 1.82) is 0 Å². The monoisotopic (exact) mass is 368 g/mol. The van der Waals surface area contributed by atoms with Gasteiger partial charge in [-0.3, -0.25) is 4.79 Å². The summed E-state index contributed by atoms with van der Waals surface area (Å²) in [4.78, 5) is 12.0. The number of carbonyl (C=O) groups excluding carboxylic acids is 1. The first kappa shape index (κ1) is 18.7. The molecular formula is C13H19BrCl2N2O. The van der Waals surface area contributed by atoms with E-state index in [1.54, 1.807) is 18.2 Å². The highest BCUT2D eigenvalue weighted by atomic mass is 79.9. The second-order valence-corrected chi connectivity index (χ2v) is 5.70. The van der Waals surface area contributed by atoms with E-state index in [0.29, 0.717) is 17.1 Å². The summed E-state index contributed by atoms with van der Waals surface area (Å²) < 4.78 is 0.847. The van der Waals surface area contributed by atoms with Crippen LogP contribution in [0.2, 0.25) is 5.02 Å². The van der Waals surface area contributed by atoms with E-state index < -0.39 is 0 Å². The molecule has 0 bridgehead atoms. The molecular weight excluding hydrogens is 351 g/mol. The number of hydrogen-bond acceptors (Lipinski definition) is 2. The minimum absolute atomic E-state index is 0. The third kappa shape index (κ3) is 5.30. The Morgan fingerprint density at radius 1 is 1.42 bits per heavy atom. The van der Waals surface area contributed by atoms with Gasteiger partial charge >= 0.3 is 0 Å². The average Bonchev–Trinajstić information content (AvgIpc) is 2.35. The SMILES string of the molecule is CCC(N)(CC)CNC(=O)c1ccc(Br)cc1Cl.Cl. The van der Waals surface area contributed by atoms with Gasteiger partial charge in [0.05, 0.1) is 10.6 Å². The van der Waals surface area contributed by atoms with Crippen molar-refractivity contribution in [3.8, 4) is 0 Å². The van der Waals surface area contributed by atoms with Gasteiger partial charge in [-0.25, -0.2) is 0 Å². The van der Waals surface area contributed by atoms with Crippen LogP contribution >= 0.6 is 39.9 Å².